The maximum absolute atomic E-state index is 12.7. The van der Waals surface area contributed by atoms with Gasteiger partial charge in [0.25, 0.3) is 0 Å². The average molecular weight is 647 g/mol. The van der Waals surface area contributed by atoms with Crippen molar-refractivity contribution in [3.63, 3.8) is 0 Å². The summed E-state index contributed by atoms with van der Waals surface area (Å²) < 4.78 is 32.1. The minimum atomic E-state index is -0.741. The van der Waals surface area contributed by atoms with E-state index in [1.165, 1.54) is 14.2 Å². The number of fused-ring (bicyclic) bond motifs is 2. The number of benzene rings is 4. The van der Waals surface area contributed by atoms with Crippen LogP contribution in [0.25, 0.3) is 21.9 Å². The van der Waals surface area contributed by atoms with Gasteiger partial charge in [0, 0.05) is 12.1 Å². The number of rotatable bonds is 10. The normalized spacial score (nSPS) is 11.1. The molecule has 0 atom stereocenters. The van der Waals surface area contributed by atoms with E-state index < -0.39 is 22.8 Å². The van der Waals surface area contributed by atoms with Gasteiger partial charge in [-0.3, -0.25) is 9.59 Å². The Bertz CT molecular complexity index is 2130. The minimum Gasteiger partial charge on any atom is -0.488 e. The van der Waals surface area contributed by atoms with Gasteiger partial charge in [-0.05, 0) is 59.7 Å². The number of ether oxygens (including phenoxy) is 4. The van der Waals surface area contributed by atoms with Gasteiger partial charge in [0.1, 0.15) is 46.7 Å². The Hall–Kier alpha value is -6.56. The number of azo groups is 1. The third-order valence-corrected chi connectivity index (χ3v) is 7.15. The van der Waals surface area contributed by atoms with Gasteiger partial charge in [0.2, 0.25) is 11.5 Å². The first-order valence-corrected chi connectivity index (χ1v) is 14.5. The number of hydrogen-bond donors (Lipinski definition) is 0. The van der Waals surface area contributed by atoms with E-state index in [0.717, 1.165) is 23.3 Å². The number of hydrogen-bond acceptors (Lipinski definition) is 12. The van der Waals surface area contributed by atoms with Crippen molar-refractivity contribution in [3.8, 4) is 11.5 Å². The topological polar surface area (TPSA) is 156 Å². The fourth-order valence-corrected chi connectivity index (χ4v) is 4.75. The Balaban J connectivity index is 1.06. The van der Waals surface area contributed by atoms with E-state index in [1.54, 1.807) is 60.7 Å². The van der Waals surface area contributed by atoms with E-state index in [2.05, 4.69) is 19.7 Å². The molecule has 12 nitrogen and oxygen atoms in total. The van der Waals surface area contributed by atoms with Crippen molar-refractivity contribution in [1.29, 1.82) is 0 Å². The second-order valence-corrected chi connectivity index (χ2v) is 10.3. The monoisotopic (exact) mass is 646 g/mol. The van der Waals surface area contributed by atoms with Crippen molar-refractivity contribution in [2.45, 2.75) is 13.2 Å². The smallest absolute Gasteiger partial charge is 0.374 e. The summed E-state index contributed by atoms with van der Waals surface area (Å²) in [6.45, 7) is 0.354. The zero-order chi connectivity index (χ0) is 33.6. The Labute approximate surface area is 271 Å². The second kappa shape index (κ2) is 13.8. The molecule has 0 bridgehead atoms. The highest BCUT2D eigenvalue weighted by Crippen LogP contribution is 2.27. The molecule has 0 N–H and O–H groups in total. The molecule has 0 aliphatic carbocycles. The number of nitrogens with zero attached hydrogens (tertiary/aromatic N) is 2. The summed E-state index contributed by atoms with van der Waals surface area (Å²) in [5, 5.41) is 9.04. The van der Waals surface area contributed by atoms with Gasteiger partial charge < -0.3 is 27.8 Å². The molecular weight excluding hydrogens is 620 g/mol. The van der Waals surface area contributed by atoms with E-state index >= 15 is 0 Å². The number of methoxy groups -OCH3 is 2. The molecule has 0 aliphatic heterocycles. The lowest BCUT2D eigenvalue weighted by atomic mass is 10.2. The van der Waals surface area contributed by atoms with Gasteiger partial charge in [-0.2, -0.15) is 10.2 Å². The molecule has 6 aromatic rings. The van der Waals surface area contributed by atoms with Crippen molar-refractivity contribution >= 4 is 45.3 Å². The molecule has 0 aliphatic rings. The lowest BCUT2D eigenvalue weighted by Gasteiger charge is -2.09. The summed E-state index contributed by atoms with van der Waals surface area (Å²) in [7, 11) is 2.41. The summed E-state index contributed by atoms with van der Waals surface area (Å²) in [4.78, 5) is 48.9. The minimum absolute atomic E-state index is 0.177. The highest BCUT2D eigenvalue weighted by atomic mass is 16.5. The first-order valence-electron chi connectivity index (χ1n) is 14.5. The summed E-state index contributed by atoms with van der Waals surface area (Å²) in [6.07, 6.45) is 0. The van der Waals surface area contributed by atoms with Gasteiger partial charge in [-0.15, -0.1) is 0 Å². The van der Waals surface area contributed by atoms with Crippen LogP contribution in [0.2, 0.25) is 0 Å². The lowest BCUT2D eigenvalue weighted by Crippen LogP contribution is -2.09. The Morgan fingerprint density at radius 3 is 1.35 bits per heavy atom. The first kappa shape index (κ1) is 31.4. The molecule has 48 heavy (non-hydrogen) atoms. The molecule has 0 fully saturated rings. The Morgan fingerprint density at radius 2 is 0.979 bits per heavy atom. The summed E-state index contributed by atoms with van der Waals surface area (Å²) in [6, 6.07) is 26.5. The summed E-state index contributed by atoms with van der Waals surface area (Å²) in [5.41, 5.74) is 2.51. The highest BCUT2D eigenvalue weighted by Gasteiger charge is 2.17. The van der Waals surface area contributed by atoms with E-state index in [0.29, 0.717) is 22.9 Å². The largest absolute Gasteiger partial charge is 0.488 e. The van der Waals surface area contributed by atoms with Crippen LogP contribution in [0.3, 0.4) is 0 Å². The van der Waals surface area contributed by atoms with Gasteiger partial charge in [-0.1, -0.05) is 36.4 Å². The molecule has 240 valence electrons. The molecule has 4 aromatic carbocycles. The second-order valence-electron chi connectivity index (χ2n) is 10.3. The predicted octanol–water partition coefficient (Wildman–Crippen LogP) is 7.05. The summed E-state index contributed by atoms with van der Waals surface area (Å²) >= 11 is 0. The lowest BCUT2D eigenvalue weighted by molar-refractivity contribution is 0.0557. The van der Waals surface area contributed by atoms with E-state index in [9.17, 15) is 19.2 Å². The third-order valence-electron chi connectivity index (χ3n) is 7.15. The number of esters is 2. The maximum atomic E-state index is 12.7. The van der Waals surface area contributed by atoms with Crippen molar-refractivity contribution in [3.05, 3.63) is 140 Å². The third kappa shape index (κ3) is 6.82. The molecule has 0 radical (unpaired) electrons. The molecule has 6 rings (SSSR count). The zero-order valence-corrected chi connectivity index (χ0v) is 25.6. The van der Waals surface area contributed by atoms with Crippen molar-refractivity contribution in [2.75, 3.05) is 14.2 Å². The van der Waals surface area contributed by atoms with Crippen LogP contribution in [-0.4, -0.2) is 26.2 Å². The van der Waals surface area contributed by atoms with Crippen LogP contribution in [0, 0.1) is 0 Å². The molecule has 2 aromatic heterocycles. The van der Waals surface area contributed by atoms with Crippen molar-refractivity contribution in [2.24, 2.45) is 10.2 Å². The van der Waals surface area contributed by atoms with E-state index in [-0.39, 0.29) is 46.7 Å². The SMILES string of the molecule is COC(=O)c1cc(=O)c2c(OCc3ccc(N=Nc4ccc(COc5cccc6oc(C(=O)OC)cc(=O)c56)cc4)cc3)cccc2o1. The van der Waals surface area contributed by atoms with E-state index in [1.807, 2.05) is 24.3 Å². The maximum Gasteiger partial charge on any atom is 0.374 e. The molecule has 12 heteroatoms. The number of carbonyl (C=O) groups is 2. The van der Waals surface area contributed by atoms with Gasteiger partial charge in [-0.25, -0.2) is 9.59 Å². The molecule has 0 spiro atoms. The fourth-order valence-electron chi connectivity index (χ4n) is 4.75. The van der Waals surface area contributed by atoms with Crippen LogP contribution in [0.5, 0.6) is 11.5 Å². The quantitative estimate of drug-likeness (QED) is 0.112. The fraction of sp³-hybridized carbons (Fsp3) is 0.111. The standard InChI is InChI=1S/C36H26N2O10/c1-43-35(41)31-17-25(39)33-27(5-3-7-29(33)47-31)45-19-21-9-13-23(14-10-21)37-38-24-15-11-22(12-16-24)20-46-28-6-4-8-30-34(28)26(40)18-32(48-30)36(42)44-2/h3-18H,19-20H2,1-2H3. The van der Waals surface area contributed by atoms with Crippen molar-refractivity contribution in [1.82, 2.24) is 0 Å². The Kier molecular flexibility index (Phi) is 9.05. The van der Waals surface area contributed by atoms with Gasteiger partial charge in [0.15, 0.2) is 10.9 Å². The predicted molar refractivity (Wildman–Crippen MR) is 173 cm³/mol. The van der Waals surface area contributed by atoms with E-state index in [4.69, 9.17) is 18.3 Å². The molecule has 0 amide bonds. The summed E-state index contributed by atoms with van der Waals surface area (Å²) in [5.74, 6) is -1.20. The molecular formula is C36H26N2O10. The average Bonchev–Trinajstić information content (AvgIpc) is 3.12. The van der Waals surface area contributed by atoms with Crippen LogP contribution < -0.4 is 20.3 Å². The van der Waals surface area contributed by atoms with Crippen LogP contribution in [0.1, 0.15) is 32.2 Å². The van der Waals surface area contributed by atoms with Crippen LogP contribution >= 0.6 is 0 Å². The molecule has 0 unspecified atom stereocenters. The molecule has 0 saturated heterocycles. The van der Waals surface area contributed by atoms with Gasteiger partial charge in [0.05, 0.1) is 25.6 Å². The number of carbonyl (C=O) groups excluding carboxylic acids is 2. The van der Waals surface area contributed by atoms with Crippen LogP contribution in [0.15, 0.2) is 126 Å². The molecule has 0 saturated carbocycles. The Morgan fingerprint density at radius 1 is 0.583 bits per heavy atom. The van der Waals surface area contributed by atoms with Crippen LogP contribution in [0.4, 0.5) is 11.4 Å². The van der Waals surface area contributed by atoms with Crippen LogP contribution in [-0.2, 0) is 22.7 Å². The highest BCUT2D eigenvalue weighted by molar-refractivity contribution is 5.91. The molecule has 2 heterocycles. The zero-order valence-electron chi connectivity index (χ0n) is 25.6. The van der Waals surface area contributed by atoms with Gasteiger partial charge >= 0.3 is 11.9 Å². The van der Waals surface area contributed by atoms with Crippen molar-refractivity contribution < 1.29 is 37.4 Å². The first-order chi connectivity index (χ1) is 23.3.